The molecule has 0 spiro atoms. The zero-order valence-corrected chi connectivity index (χ0v) is 17.1. The summed E-state index contributed by atoms with van der Waals surface area (Å²) >= 11 is 1.47. The van der Waals surface area contributed by atoms with E-state index in [1.54, 1.807) is 6.07 Å². The number of carbonyl (C=O) groups excluding carboxylic acids is 3. The van der Waals surface area contributed by atoms with Gasteiger partial charge in [-0.05, 0) is 55.4 Å². The monoisotopic (exact) mass is 411 g/mol. The number of likely N-dealkylation sites (tertiary alicyclic amines) is 1. The Kier molecular flexibility index (Phi) is 5.67. The van der Waals surface area contributed by atoms with E-state index in [9.17, 15) is 14.4 Å². The topological polar surface area (TPSA) is 92.5 Å². The lowest BCUT2D eigenvalue weighted by Crippen LogP contribution is -2.24. The van der Waals surface area contributed by atoms with Crippen LogP contribution in [0.25, 0.3) is 0 Å². The number of benzene rings is 1. The van der Waals surface area contributed by atoms with Crippen molar-refractivity contribution in [3.05, 3.63) is 51.4 Å². The van der Waals surface area contributed by atoms with Crippen molar-refractivity contribution in [1.82, 2.24) is 4.90 Å². The van der Waals surface area contributed by atoms with Gasteiger partial charge in [-0.15, -0.1) is 11.3 Å². The molecule has 1 aromatic heterocycles. The number of anilines is 1. The molecule has 6 nitrogen and oxygen atoms in total. The molecule has 0 atom stereocenters. The number of hydrogen-bond donors (Lipinski definition) is 2. The molecule has 0 bridgehead atoms. The van der Waals surface area contributed by atoms with E-state index in [-0.39, 0.29) is 11.8 Å². The molecule has 1 aromatic carbocycles. The number of carbonyl (C=O) groups is 3. The predicted molar refractivity (Wildman–Crippen MR) is 113 cm³/mol. The van der Waals surface area contributed by atoms with Crippen LogP contribution in [0, 0.1) is 0 Å². The van der Waals surface area contributed by atoms with Gasteiger partial charge in [0.15, 0.2) is 0 Å². The fourth-order valence-corrected chi connectivity index (χ4v) is 5.46. The Morgan fingerprint density at radius 1 is 1.10 bits per heavy atom. The number of rotatable bonds is 5. The first-order valence-corrected chi connectivity index (χ1v) is 11.0. The minimum Gasteiger partial charge on any atom is -0.365 e. The number of thiophene rings is 1. The number of aryl methyl sites for hydroxylation is 1. The maximum Gasteiger partial charge on any atom is 0.256 e. The molecule has 1 aliphatic carbocycles. The van der Waals surface area contributed by atoms with Crippen LogP contribution in [0.5, 0.6) is 0 Å². The average molecular weight is 412 g/mol. The van der Waals surface area contributed by atoms with Crippen LogP contribution in [-0.2, 0) is 24.2 Å². The third-order valence-electron chi connectivity index (χ3n) is 5.63. The second-order valence-corrected chi connectivity index (χ2v) is 8.81. The molecule has 152 valence electrons. The zero-order valence-electron chi connectivity index (χ0n) is 16.3. The predicted octanol–water partition coefficient (Wildman–Crippen LogP) is 3.49. The van der Waals surface area contributed by atoms with Gasteiger partial charge in [0.05, 0.1) is 5.56 Å². The number of nitrogens with one attached hydrogen (secondary N) is 1. The Morgan fingerprint density at radius 3 is 2.69 bits per heavy atom. The van der Waals surface area contributed by atoms with Crippen molar-refractivity contribution in [1.29, 1.82) is 0 Å². The highest BCUT2D eigenvalue weighted by atomic mass is 32.1. The van der Waals surface area contributed by atoms with E-state index in [0.717, 1.165) is 61.1 Å². The standard InChI is InChI=1S/C22H25N3O3S/c23-20(27)19-16-8-2-1-3-9-17(16)29-22(19)24-21(28)15-7-4-6-14(12-15)13-25-11-5-10-18(25)26/h4,6-7,12H,1-3,5,8-11,13H2,(H2,23,27)(H,24,28). The van der Waals surface area contributed by atoms with Crippen molar-refractivity contribution < 1.29 is 14.4 Å². The van der Waals surface area contributed by atoms with E-state index >= 15 is 0 Å². The van der Waals surface area contributed by atoms with E-state index in [1.165, 1.54) is 11.3 Å². The molecule has 7 heteroatoms. The van der Waals surface area contributed by atoms with E-state index in [2.05, 4.69) is 5.32 Å². The van der Waals surface area contributed by atoms with E-state index in [0.29, 0.717) is 29.1 Å². The number of hydrogen-bond acceptors (Lipinski definition) is 4. The molecule has 0 radical (unpaired) electrons. The summed E-state index contributed by atoms with van der Waals surface area (Å²) in [6, 6.07) is 7.30. The third-order valence-corrected chi connectivity index (χ3v) is 6.84. The minimum absolute atomic E-state index is 0.158. The van der Waals surface area contributed by atoms with Gasteiger partial charge in [-0.3, -0.25) is 14.4 Å². The highest BCUT2D eigenvalue weighted by Crippen LogP contribution is 2.37. The molecule has 0 saturated carbocycles. The normalized spacial score (nSPS) is 16.4. The van der Waals surface area contributed by atoms with Gasteiger partial charge in [0.2, 0.25) is 5.91 Å². The van der Waals surface area contributed by atoms with Crippen LogP contribution in [0.15, 0.2) is 24.3 Å². The maximum absolute atomic E-state index is 12.9. The Balaban J connectivity index is 1.54. The van der Waals surface area contributed by atoms with Gasteiger partial charge >= 0.3 is 0 Å². The lowest BCUT2D eigenvalue weighted by atomic mass is 10.0. The number of amides is 3. The molecule has 4 rings (SSSR count). The average Bonchev–Trinajstić information content (AvgIpc) is 3.17. The molecule has 2 heterocycles. The number of nitrogens with zero attached hydrogens (tertiary/aromatic N) is 1. The quantitative estimate of drug-likeness (QED) is 0.738. The molecule has 1 saturated heterocycles. The van der Waals surface area contributed by atoms with E-state index in [1.807, 2.05) is 23.1 Å². The first-order valence-electron chi connectivity index (χ1n) is 10.2. The Bertz CT molecular complexity index is 966. The maximum atomic E-state index is 12.9. The summed E-state index contributed by atoms with van der Waals surface area (Å²) < 4.78 is 0. The number of fused-ring (bicyclic) bond motifs is 1. The van der Waals surface area contributed by atoms with Gasteiger partial charge < -0.3 is 16.0 Å². The van der Waals surface area contributed by atoms with E-state index in [4.69, 9.17) is 5.73 Å². The summed E-state index contributed by atoms with van der Waals surface area (Å²) in [6.07, 6.45) is 6.52. The van der Waals surface area contributed by atoms with Gasteiger partial charge in [-0.2, -0.15) is 0 Å². The summed E-state index contributed by atoms with van der Waals surface area (Å²) in [6.45, 7) is 1.28. The fourth-order valence-electron chi connectivity index (χ4n) is 4.17. The Morgan fingerprint density at radius 2 is 1.93 bits per heavy atom. The molecule has 2 aliphatic rings. The van der Waals surface area contributed by atoms with Crippen molar-refractivity contribution in [3.63, 3.8) is 0 Å². The molecule has 1 fully saturated rings. The molecule has 0 unspecified atom stereocenters. The van der Waals surface area contributed by atoms with Gasteiger partial charge in [0.1, 0.15) is 5.00 Å². The highest BCUT2D eigenvalue weighted by molar-refractivity contribution is 7.17. The molecule has 29 heavy (non-hydrogen) atoms. The molecule has 2 aromatic rings. The molecular weight excluding hydrogens is 386 g/mol. The SMILES string of the molecule is NC(=O)c1c(NC(=O)c2cccc(CN3CCCC3=O)c2)sc2c1CCCCC2. The van der Waals surface area contributed by atoms with Crippen molar-refractivity contribution in [3.8, 4) is 0 Å². The van der Waals surface area contributed by atoms with Gasteiger partial charge in [0.25, 0.3) is 11.8 Å². The Hall–Kier alpha value is -2.67. The summed E-state index contributed by atoms with van der Waals surface area (Å²) in [5.74, 6) is -0.592. The number of primary amides is 1. The third kappa shape index (κ3) is 4.19. The van der Waals surface area contributed by atoms with Crippen LogP contribution in [0.3, 0.4) is 0 Å². The molecule has 3 N–H and O–H groups in total. The summed E-state index contributed by atoms with van der Waals surface area (Å²) in [4.78, 5) is 39.8. The molecule has 3 amide bonds. The van der Waals surface area contributed by atoms with Gasteiger partial charge in [0, 0.05) is 30.0 Å². The van der Waals surface area contributed by atoms with Crippen molar-refractivity contribution in [2.75, 3.05) is 11.9 Å². The lowest BCUT2D eigenvalue weighted by molar-refractivity contribution is -0.128. The number of nitrogens with two attached hydrogens (primary N) is 1. The van der Waals surface area contributed by atoms with Gasteiger partial charge in [-0.1, -0.05) is 18.6 Å². The lowest BCUT2D eigenvalue weighted by Gasteiger charge is -2.16. The smallest absolute Gasteiger partial charge is 0.256 e. The summed E-state index contributed by atoms with van der Waals surface area (Å²) in [5, 5.41) is 3.46. The first kappa shape index (κ1) is 19.6. The van der Waals surface area contributed by atoms with Crippen molar-refractivity contribution in [2.45, 2.75) is 51.5 Å². The minimum atomic E-state index is -0.485. The summed E-state index contributed by atoms with van der Waals surface area (Å²) in [7, 11) is 0. The second-order valence-electron chi connectivity index (χ2n) is 7.71. The van der Waals surface area contributed by atoms with Crippen molar-refractivity contribution in [2.24, 2.45) is 5.73 Å². The molecular formula is C22H25N3O3S. The summed E-state index contributed by atoms with van der Waals surface area (Å²) in [5.41, 5.74) is 8.57. The second kappa shape index (κ2) is 8.37. The zero-order chi connectivity index (χ0) is 20.4. The van der Waals surface area contributed by atoms with Crippen LogP contribution in [0.4, 0.5) is 5.00 Å². The van der Waals surface area contributed by atoms with Crippen LogP contribution in [-0.4, -0.2) is 29.2 Å². The van der Waals surface area contributed by atoms with Gasteiger partial charge in [-0.25, -0.2) is 0 Å². The largest absolute Gasteiger partial charge is 0.365 e. The van der Waals surface area contributed by atoms with Crippen LogP contribution < -0.4 is 11.1 Å². The van der Waals surface area contributed by atoms with E-state index < -0.39 is 5.91 Å². The first-order chi connectivity index (χ1) is 14.0. The van der Waals surface area contributed by atoms with Crippen LogP contribution in [0.1, 0.15) is 68.8 Å². The van der Waals surface area contributed by atoms with Crippen LogP contribution >= 0.6 is 11.3 Å². The Labute approximate surface area is 174 Å². The van der Waals surface area contributed by atoms with Crippen molar-refractivity contribution >= 4 is 34.1 Å². The fraction of sp³-hybridized carbons (Fsp3) is 0.409. The molecule has 1 aliphatic heterocycles. The van der Waals surface area contributed by atoms with Crippen LogP contribution in [0.2, 0.25) is 0 Å². The highest BCUT2D eigenvalue weighted by Gasteiger charge is 2.25.